The third kappa shape index (κ3) is 2.34. The third-order valence-electron chi connectivity index (χ3n) is 11.2. The average molecular weight is 496 g/mol. The molecule has 13 atom stereocenters. The summed E-state index contributed by atoms with van der Waals surface area (Å²) in [6.07, 6.45) is 0.120. The van der Waals surface area contributed by atoms with Crippen LogP contribution in [0.4, 0.5) is 0 Å². The van der Waals surface area contributed by atoms with E-state index in [0.29, 0.717) is 19.3 Å². The van der Waals surface area contributed by atoms with Gasteiger partial charge in [-0.1, -0.05) is 0 Å². The van der Waals surface area contributed by atoms with E-state index in [1.807, 2.05) is 0 Å². The number of esters is 1. The van der Waals surface area contributed by atoms with Crippen LogP contribution < -0.4 is 5.32 Å². The number of aliphatic hydroxyl groups is 2. The van der Waals surface area contributed by atoms with Gasteiger partial charge in [-0.2, -0.15) is 0 Å². The van der Waals surface area contributed by atoms with E-state index >= 15 is 0 Å². The molecule has 35 heavy (non-hydrogen) atoms. The number of nitrogens with one attached hydrogen (secondary N) is 1. The molecule has 5 saturated carbocycles. The van der Waals surface area contributed by atoms with E-state index in [4.69, 9.17) is 23.7 Å². The molecule has 6 aliphatic rings. The first-order valence-corrected chi connectivity index (χ1v) is 12.6. The quantitative estimate of drug-likeness (QED) is 0.423. The third-order valence-corrected chi connectivity index (χ3v) is 11.2. The fourth-order valence-corrected chi connectivity index (χ4v) is 10.4. The number of methoxy groups -OCH3 is 4. The van der Waals surface area contributed by atoms with Crippen LogP contribution in [0.2, 0.25) is 0 Å². The number of carbonyl (C=O) groups is 2. The molecule has 10 heteroatoms. The van der Waals surface area contributed by atoms with Crippen molar-refractivity contribution in [2.45, 2.75) is 74.3 Å². The molecule has 1 amide bonds. The van der Waals surface area contributed by atoms with Crippen molar-refractivity contribution in [1.82, 2.24) is 5.32 Å². The number of amides is 1. The Labute approximate surface area is 204 Å². The van der Waals surface area contributed by atoms with E-state index in [1.54, 1.807) is 21.3 Å². The summed E-state index contributed by atoms with van der Waals surface area (Å²) < 4.78 is 29.6. The molecular weight excluding hydrogens is 458 g/mol. The second-order valence-corrected chi connectivity index (χ2v) is 11.7. The van der Waals surface area contributed by atoms with E-state index in [1.165, 1.54) is 14.0 Å². The number of carbonyl (C=O) groups excluding carboxylic acids is 2. The van der Waals surface area contributed by atoms with Crippen LogP contribution in [0, 0.1) is 34.5 Å². The molecule has 6 fully saturated rings. The maximum atomic E-state index is 13.8. The zero-order valence-corrected chi connectivity index (χ0v) is 21.0. The summed E-state index contributed by atoms with van der Waals surface area (Å²) in [7, 11) is 6.46. The highest BCUT2D eigenvalue weighted by molar-refractivity contribution is 5.87. The predicted molar refractivity (Wildman–Crippen MR) is 119 cm³/mol. The zero-order chi connectivity index (χ0) is 25.1. The van der Waals surface area contributed by atoms with E-state index in [9.17, 15) is 19.8 Å². The molecule has 0 aromatic heterocycles. The smallest absolute Gasteiger partial charge is 0.302 e. The predicted octanol–water partition coefficient (Wildman–Crippen LogP) is -0.364. The summed E-state index contributed by atoms with van der Waals surface area (Å²) in [5, 5.41) is 28.5. The molecule has 5 aliphatic carbocycles. The number of hydrogen-bond acceptors (Lipinski definition) is 9. The monoisotopic (exact) mass is 495 g/mol. The lowest BCUT2D eigenvalue weighted by atomic mass is 9.43. The van der Waals surface area contributed by atoms with Crippen molar-refractivity contribution in [3.05, 3.63) is 0 Å². The van der Waals surface area contributed by atoms with Crippen LogP contribution in [0.15, 0.2) is 0 Å². The van der Waals surface area contributed by atoms with Crippen molar-refractivity contribution < 1.29 is 43.5 Å². The number of fused-ring (bicyclic) bond motifs is 2. The minimum absolute atomic E-state index is 0.0392. The van der Waals surface area contributed by atoms with Crippen LogP contribution in [0.3, 0.4) is 0 Å². The molecule has 196 valence electrons. The van der Waals surface area contributed by atoms with Crippen LogP contribution in [-0.2, 0) is 33.3 Å². The van der Waals surface area contributed by atoms with Crippen molar-refractivity contribution in [2.75, 3.05) is 35.0 Å². The molecule has 1 spiro atoms. The molecule has 0 radical (unpaired) electrons. The van der Waals surface area contributed by atoms with Crippen LogP contribution in [0.1, 0.15) is 32.6 Å². The summed E-state index contributed by atoms with van der Waals surface area (Å²) in [5.41, 5.74) is -5.27. The van der Waals surface area contributed by atoms with Gasteiger partial charge in [0.15, 0.2) is 0 Å². The van der Waals surface area contributed by atoms with E-state index < -0.39 is 46.1 Å². The van der Waals surface area contributed by atoms with Gasteiger partial charge in [-0.25, -0.2) is 0 Å². The number of ether oxygens (including phenoxy) is 5. The molecule has 10 nitrogen and oxygen atoms in total. The lowest BCUT2D eigenvalue weighted by Gasteiger charge is -2.67. The van der Waals surface area contributed by atoms with E-state index in [0.717, 1.165) is 0 Å². The van der Waals surface area contributed by atoms with Gasteiger partial charge in [0, 0.05) is 65.0 Å². The molecular formula is C25H37NO9. The van der Waals surface area contributed by atoms with E-state index in [2.05, 4.69) is 5.32 Å². The molecule has 0 aromatic carbocycles. The second-order valence-electron chi connectivity index (χ2n) is 11.7. The molecule has 1 aliphatic heterocycles. The van der Waals surface area contributed by atoms with Gasteiger partial charge in [0.2, 0.25) is 5.91 Å². The Balaban J connectivity index is 1.63. The van der Waals surface area contributed by atoms with Gasteiger partial charge in [-0.15, -0.1) is 0 Å². The lowest BCUT2D eigenvalue weighted by Crippen LogP contribution is -2.82. The van der Waals surface area contributed by atoms with Gasteiger partial charge in [-0.05, 0) is 25.2 Å². The fourth-order valence-electron chi connectivity index (χ4n) is 10.4. The summed E-state index contributed by atoms with van der Waals surface area (Å²) >= 11 is 0. The van der Waals surface area contributed by atoms with Gasteiger partial charge < -0.3 is 39.2 Å². The minimum Gasteiger partial charge on any atom is -0.465 e. The fraction of sp³-hybridized carbons (Fsp3) is 0.920. The van der Waals surface area contributed by atoms with Gasteiger partial charge >= 0.3 is 5.97 Å². The average Bonchev–Trinajstić information content (AvgIpc) is 3.24. The van der Waals surface area contributed by atoms with Gasteiger partial charge in [-0.3, -0.25) is 9.59 Å². The highest BCUT2D eigenvalue weighted by atomic mass is 16.5. The first kappa shape index (κ1) is 24.1. The Kier molecular flexibility index (Phi) is 5.08. The van der Waals surface area contributed by atoms with Crippen LogP contribution >= 0.6 is 0 Å². The van der Waals surface area contributed by atoms with Gasteiger partial charge in [0.1, 0.15) is 17.8 Å². The van der Waals surface area contributed by atoms with Crippen molar-refractivity contribution in [2.24, 2.45) is 34.5 Å². The summed E-state index contributed by atoms with van der Waals surface area (Å²) in [6.45, 7) is 1.22. The minimum atomic E-state index is -1.81. The molecule has 1 heterocycles. The SMILES string of the molecule is CO[C@H]1[C@@H]2C[C@@H]3[C@H]1[C@](O)(C[C@@H]2OC)[C@]1(O)[C@@H](OC)[C@@H]2[C@@]4(COC(C)=O)CC[C@H](OC)[C@@]32[C@@H]1NC4=O. The Morgan fingerprint density at radius 3 is 2.46 bits per heavy atom. The van der Waals surface area contributed by atoms with Gasteiger partial charge in [0.05, 0.1) is 35.9 Å². The highest BCUT2D eigenvalue weighted by Gasteiger charge is 2.92. The summed E-state index contributed by atoms with van der Waals surface area (Å²) in [6, 6.07) is -0.786. The van der Waals surface area contributed by atoms with E-state index in [-0.39, 0.29) is 55.0 Å². The van der Waals surface area contributed by atoms with Crippen molar-refractivity contribution in [3.63, 3.8) is 0 Å². The largest absolute Gasteiger partial charge is 0.465 e. The Morgan fingerprint density at radius 2 is 1.86 bits per heavy atom. The summed E-state index contributed by atoms with van der Waals surface area (Å²) in [4.78, 5) is 25.7. The first-order valence-electron chi connectivity index (χ1n) is 12.6. The van der Waals surface area contributed by atoms with Gasteiger partial charge in [0.25, 0.3) is 0 Å². The highest BCUT2D eigenvalue weighted by Crippen LogP contribution is 2.79. The number of rotatable bonds is 6. The second kappa shape index (κ2) is 7.39. The molecule has 7 bridgehead atoms. The van der Waals surface area contributed by atoms with Crippen molar-refractivity contribution in [3.8, 4) is 0 Å². The molecule has 6 rings (SSSR count). The first-order chi connectivity index (χ1) is 16.6. The summed E-state index contributed by atoms with van der Waals surface area (Å²) in [5.74, 6) is -1.72. The molecule has 0 aromatic rings. The Hall–Kier alpha value is -1.30. The topological polar surface area (TPSA) is 133 Å². The molecule has 1 saturated heterocycles. The van der Waals surface area contributed by atoms with Crippen LogP contribution in [0.5, 0.6) is 0 Å². The molecule has 3 N–H and O–H groups in total. The molecule has 0 unspecified atom stereocenters. The van der Waals surface area contributed by atoms with Crippen LogP contribution in [0.25, 0.3) is 0 Å². The van der Waals surface area contributed by atoms with Crippen molar-refractivity contribution >= 4 is 11.9 Å². The Morgan fingerprint density at radius 1 is 1.11 bits per heavy atom. The van der Waals surface area contributed by atoms with Crippen LogP contribution in [-0.4, -0.2) is 98.8 Å². The maximum absolute atomic E-state index is 13.8. The maximum Gasteiger partial charge on any atom is 0.302 e. The van der Waals surface area contributed by atoms with Crippen molar-refractivity contribution in [1.29, 1.82) is 0 Å². The lowest BCUT2D eigenvalue weighted by molar-refractivity contribution is -0.299. The zero-order valence-electron chi connectivity index (χ0n) is 21.0. The normalized spacial score (nSPS) is 57.1. The Bertz CT molecular complexity index is 946. The number of piperidine rings is 1. The number of hydrogen-bond donors (Lipinski definition) is 3. The standard InChI is InChI=1S/C25H37NO9/c1-11(27)35-10-22-7-6-15(32-3)24-13-8-12-14(31-2)9-23(29,16(13)17(12)33-4)25(30,19(34-5)18(22)24)20(24)26-21(22)28/h12-20,29-30H,6-10H2,1-5H3,(H,26,28)/t12-,13-,14+,15+,16-,17+,18-,19+,20+,22+,23-,24+,25+/m1/s1.